The average Bonchev–Trinajstić information content (AvgIpc) is 3.33. The molecule has 0 saturated heterocycles. The lowest BCUT2D eigenvalue weighted by atomic mass is 10.1. The van der Waals surface area contributed by atoms with E-state index in [1.807, 2.05) is 39.0 Å². The number of hydrogen-bond donors (Lipinski definition) is 1. The first kappa shape index (κ1) is 21.4. The van der Waals surface area contributed by atoms with Gasteiger partial charge in [-0.1, -0.05) is 40.5 Å². The topological polar surface area (TPSA) is 111 Å². The van der Waals surface area contributed by atoms with Gasteiger partial charge in [0.05, 0.1) is 5.69 Å². The third-order valence-electron chi connectivity index (χ3n) is 4.24. The molecule has 0 aliphatic heterocycles. The van der Waals surface area contributed by atoms with E-state index in [-0.39, 0.29) is 18.1 Å². The number of hydrogen-bond acceptors (Lipinski definition) is 10. The first-order chi connectivity index (χ1) is 14.9. The highest BCUT2D eigenvalue weighted by Crippen LogP contribution is 2.28. The van der Waals surface area contributed by atoms with E-state index < -0.39 is 0 Å². The summed E-state index contributed by atoms with van der Waals surface area (Å²) >= 11 is 4.01. The summed E-state index contributed by atoms with van der Waals surface area (Å²) in [4.78, 5) is 29.3. The van der Waals surface area contributed by atoms with E-state index in [1.54, 1.807) is 0 Å². The van der Waals surface area contributed by atoms with Crippen molar-refractivity contribution in [2.24, 2.45) is 0 Å². The molecule has 4 aromatic rings. The van der Waals surface area contributed by atoms with Crippen molar-refractivity contribution in [1.82, 2.24) is 24.8 Å². The molecule has 3 heterocycles. The largest absolute Gasteiger partial charge is 0.484 e. The fourth-order valence-electron chi connectivity index (χ4n) is 2.59. The van der Waals surface area contributed by atoms with Gasteiger partial charge in [-0.05, 0) is 44.0 Å². The minimum absolute atomic E-state index is 0.118. The van der Waals surface area contributed by atoms with Crippen molar-refractivity contribution in [1.29, 1.82) is 0 Å². The van der Waals surface area contributed by atoms with Gasteiger partial charge in [0.2, 0.25) is 10.1 Å². The van der Waals surface area contributed by atoms with Crippen LogP contribution in [-0.2, 0) is 10.5 Å². The summed E-state index contributed by atoms with van der Waals surface area (Å²) in [7, 11) is 0. The molecule has 3 aromatic heterocycles. The number of thioether (sulfide) groups is 1. The molecule has 0 spiro atoms. The van der Waals surface area contributed by atoms with E-state index in [2.05, 4.69) is 25.6 Å². The summed E-state index contributed by atoms with van der Waals surface area (Å²) in [6.07, 6.45) is 0. The Labute approximate surface area is 189 Å². The maximum atomic E-state index is 12.1. The first-order valence-electron chi connectivity index (χ1n) is 9.20. The zero-order valence-electron chi connectivity index (χ0n) is 16.9. The Hall–Kier alpha value is -2.83. The van der Waals surface area contributed by atoms with Gasteiger partial charge in [0.15, 0.2) is 10.9 Å². The molecule has 1 amide bonds. The first-order valence-corrected chi connectivity index (χ1v) is 11.8. The SMILES string of the molecule is Cc1nn2c(=O)cc(CSc3nnc(NC(=O)COc4ccc(C)c(C)c4)s3)nc2s1. The summed E-state index contributed by atoms with van der Waals surface area (Å²) in [6.45, 7) is 5.72. The predicted molar refractivity (Wildman–Crippen MR) is 121 cm³/mol. The van der Waals surface area contributed by atoms with Crippen LogP contribution in [0.5, 0.6) is 5.75 Å². The van der Waals surface area contributed by atoms with Gasteiger partial charge >= 0.3 is 0 Å². The van der Waals surface area contributed by atoms with Gasteiger partial charge < -0.3 is 4.74 Å². The van der Waals surface area contributed by atoms with Crippen LogP contribution >= 0.6 is 34.4 Å². The number of ether oxygens (including phenoxy) is 1. The van der Waals surface area contributed by atoms with E-state index in [4.69, 9.17) is 4.74 Å². The summed E-state index contributed by atoms with van der Waals surface area (Å²) in [5.41, 5.74) is 2.70. The third-order valence-corrected chi connectivity index (χ3v) is 7.07. The predicted octanol–water partition coefficient (Wildman–Crippen LogP) is 3.24. The fraction of sp³-hybridized carbons (Fsp3) is 0.263. The highest BCUT2D eigenvalue weighted by Gasteiger charge is 2.12. The van der Waals surface area contributed by atoms with Crippen LogP contribution in [0.3, 0.4) is 0 Å². The lowest BCUT2D eigenvalue weighted by molar-refractivity contribution is -0.118. The Morgan fingerprint density at radius 2 is 2.00 bits per heavy atom. The fourth-order valence-corrected chi connectivity index (χ4v) is 5.02. The number of carbonyl (C=O) groups is 1. The molecular formula is C19H18N6O3S3. The van der Waals surface area contributed by atoms with Gasteiger partial charge in [-0.2, -0.15) is 9.61 Å². The van der Waals surface area contributed by atoms with Crippen LogP contribution in [0, 0.1) is 20.8 Å². The maximum Gasteiger partial charge on any atom is 0.275 e. The number of amides is 1. The summed E-state index contributed by atoms with van der Waals surface area (Å²) in [5.74, 6) is 0.788. The number of aryl methyl sites for hydroxylation is 3. The third kappa shape index (κ3) is 5.27. The number of benzene rings is 1. The molecule has 31 heavy (non-hydrogen) atoms. The van der Waals surface area contributed by atoms with Crippen LogP contribution < -0.4 is 15.6 Å². The van der Waals surface area contributed by atoms with E-state index in [0.29, 0.717) is 31.6 Å². The lowest BCUT2D eigenvalue weighted by Gasteiger charge is -2.07. The van der Waals surface area contributed by atoms with Crippen LogP contribution in [0.25, 0.3) is 4.96 Å². The molecule has 9 nitrogen and oxygen atoms in total. The van der Waals surface area contributed by atoms with E-state index in [0.717, 1.165) is 10.6 Å². The molecule has 0 saturated carbocycles. The quantitative estimate of drug-likeness (QED) is 0.321. The van der Waals surface area contributed by atoms with Crippen molar-refractivity contribution in [3.8, 4) is 5.75 Å². The normalized spacial score (nSPS) is 11.1. The van der Waals surface area contributed by atoms with Crippen molar-refractivity contribution in [3.63, 3.8) is 0 Å². The van der Waals surface area contributed by atoms with E-state index >= 15 is 0 Å². The van der Waals surface area contributed by atoms with Crippen LogP contribution in [0.15, 0.2) is 33.4 Å². The lowest BCUT2D eigenvalue weighted by Crippen LogP contribution is -2.20. The molecular weight excluding hydrogens is 456 g/mol. The van der Waals surface area contributed by atoms with Crippen molar-refractivity contribution < 1.29 is 9.53 Å². The van der Waals surface area contributed by atoms with E-state index in [1.165, 1.54) is 50.6 Å². The van der Waals surface area contributed by atoms with Gasteiger partial charge in [-0.3, -0.25) is 14.9 Å². The van der Waals surface area contributed by atoms with Crippen molar-refractivity contribution in [2.75, 3.05) is 11.9 Å². The number of nitrogens with one attached hydrogen (secondary N) is 1. The molecule has 0 bridgehead atoms. The second-order valence-corrected chi connectivity index (χ2v) is 10.0. The molecule has 0 unspecified atom stereocenters. The monoisotopic (exact) mass is 474 g/mol. The molecule has 0 fully saturated rings. The zero-order chi connectivity index (χ0) is 22.0. The average molecular weight is 475 g/mol. The number of nitrogens with zero attached hydrogens (tertiary/aromatic N) is 5. The van der Waals surface area contributed by atoms with Crippen LogP contribution in [0.1, 0.15) is 21.8 Å². The Kier molecular flexibility index (Phi) is 6.30. The Bertz CT molecular complexity index is 1310. The Balaban J connectivity index is 1.31. The van der Waals surface area contributed by atoms with Crippen molar-refractivity contribution >= 4 is 50.4 Å². The maximum absolute atomic E-state index is 12.1. The van der Waals surface area contributed by atoms with Gasteiger partial charge in [0, 0.05) is 11.8 Å². The summed E-state index contributed by atoms with van der Waals surface area (Å²) in [6, 6.07) is 7.15. The van der Waals surface area contributed by atoms with Crippen molar-refractivity contribution in [2.45, 2.75) is 30.9 Å². The van der Waals surface area contributed by atoms with Gasteiger partial charge in [-0.25, -0.2) is 4.98 Å². The van der Waals surface area contributed by atoms with Crippen LogP contribution in [0.4, 0.5) is 5.13 Å². The molecule has 1 N–H and O–H groups in total. The molecule has 0 aliphatic rings. The molecule has 1 aromatic carbocycles. The number of rotatable bonds is 7. The summed E-state index contributed by atoms with van der Waals surface area (Å²) in [5, 5.41) is 16.0. The zero-order valence-corrected chi connectivity index (χ0v) is 19.4. The minimum Gasteiger partial charge on any atom is -0.484 e. The Morgan fingerprint density at radius 3 is 2.81 bits per heavy atom. The van der Waals surface area contributed by atoms with Gasteiger partial charge in [0.1, 0.15) is 10.8 Å². The van der Waals surface area contributed by atoms with Crippen molar-refractivity contribution in [3.05, 3.63) is 56.4 Å². The number of fused-ring (bicyclic) bond motifs is 1. The number of anilines is 1. The number of aromatic nitrogens is 5. The Morgan fingerprint density at radius 1 is 1.16 bits per heavy atom. The smallest absolute Gasteiger partial charge is 0.275 e. The van der Waals surface area contributed by atoms with Crippen LogP contribution in [0.2, 0.25) is 0 Å². The molecule has 0 aliphatic carbocycles. The van der Waals surface area contributed by atoms with Crippen LogP contribution in [-0.4, -0.2) is 37.3 Å². The highest BCUT2D eigenvalue weighted by molar-refractivity contribution is 8.00. The molecule has 4 rings (SSSR count). The standard InChI is InChI=1S/C19H18N6O3S3/c1-10-4-5-14(6-11(10)2)28-8-15(26)21-17-22-23-19(31-17)29-9-13-7-16(27)25-18(20-13)30-12(3)24-25/h4-7H,8-9H2,1-3H3,(H,21,22,26). The van der Waals surface area contributed by atoms with E-state index in [9.17, 15) is 9.59 Å². The minimum atomic E-state index is -0.313. The molecule has 160 valence electrons. The molecule has 0 radical (unpaired) electrons. The van der Waals surface area contributed by atoms with Gasteiger partial charge in [-0.15, -0.1) is 10.2 Å². The summed E-state index contributed by atoms with van der Waals surface area (Å²) < 4.78 is 7.49. The second-order valence-electron chi connectivity index (χ2n) is 6.65. The molecule has 12 heteroatoms. The highest BCUT2D eigenvalue weighted by atomic mass is 32.2. The second kappa shape index (κ2) is 9.12. The van der Waals surface area contributed by atoms with Gasteiger partial charge in [0.25, 0.3) is 11.5 Å². The number of carbonyl (C=O) groups excluding carboxylic acids is 1. The molecule has 0 atom stereocenters.